The first kappa shape index (κ1) is 43.8. The zero-order valence-corrected chi connectivity index (χ0v) is 32.3. The van der Waals surface area contributed by atoms with Crippen LogP contribution in [-0.4, -0.2) is 99.4 Å². The highest BCUT2D eigenvalue weighted by Gasteiger charge is 2.43. The van der Waals surface area contributed by atoms with E-state index in [-0.39, 0.29) is 48.6 Å². The molecule has 6 rings (SSSR count). The number of nitrogens with two attached hydrogens (primary N) is 2. The fourth-order valence-corrected chi connectivity index (χ4v) is 6.68. The van der Waals surface area contributed by atoms with E-state index in [1.54, 1.807) is 23.5 Å². The molecule has 2 saturated heterocycles. The third-order valence-electron chi connectivity index (χ3n) is 8.85. The first-order valence-corrected chi connectivity index (χ1v) is 19.2. The van der Waals surface area contributed by atoms with E-state index < -0.39 is 0 Å². The minimum atomic E-state index is -0.354. The fourth-order valence-electron chi connectivity index (χ4n) is 5.34. The number of hydrogen-bond acceptors (Lipinski definition) is 13. The normalized spacial score (nSPS) is 15.0. The molecule has 289 valence electrons. The van der Waals surface area contributed by atoms with Gasteiger partial charge in [0.1, 0.15) is 6.29 Å². The maximum absolute atomic E-state index is 12.1. The van der Waals surface area contributed by atoms with Crippen molar-refractivity contribution in [3.63, 3.8) is 0 Å². The number of rotatable bonds is 17. The first-order chi connectivity index (χ1) is 25.4. The predicted octanol–water partition coefficient (Wildman–Crippen LogP) is 3.31. The van der Waals surface area contributed by atoms with Crippen molar-refractivity contribution in [2.45, 2.75) is 52.4 Å². The average Bonchev–Trinajstić information content (AvgIpc) is 3.95. The smallest absolute Gasteiger partial charge is 0.273 e. The molecule has 2 fully saturated rings. The lowest BCUT2D eigenvalue weighted by Crippen LogP contribution is -2.60. The molecule has 7 N–H and O–H groups in total. The lowest BCUT2D eigenvalue weighted by atomic mass is 9.81. The third kappa shape index (κ3) is 12.7. The van der Waals surface area contributed by atoms with Crippen LogP contribution in [0.5, 0.6) is 0 Å². The number of aldehydes is 1. The van der Waals surface area contributed by atoms with Crippen molar-refractivity contribution >= 4 is 61.0 Å². The summed E-state index contributed by atoms with van der Waals surface area (Å²) < 4.78 is 10.3. The Morgan fingerprint density at radius 3 is 1.70 bits per heavy atom. The molecule has 4 aromatic rings. The van der Waals surface area contributed by atoms with Gasteiger partial charge in [0.05, 0.1) is 20.6 Å². The van der Waals surface area contributed by atoms with Gasteiger partial charge in [-0.3, -0.25) is 19.2 Å². The second-order valence-electron chi connectivity index (χ2n) is 13.5. The van der Waals surface area contributed by atoms with Crippen molar-refractivity contribution in [2.75, 3.05) is 45.8 Å². The number of aromatic nitrogens is 2. The molecular weight excluding hydrogens is 731 g/mol. The van der Waals surface area contributed by atoms with Crippen molar-refractivity contribution in [2.24, 2.45) is 22.3 Å². The summed E-state index contributed by atoms with van der Waals surface area (Å²) in [6, 6.07) is 11.0. The highest BCUT2D eigenvalue weighted by molar-refractivity contribution is 7.13. The van der Waals surface area contributed by atoms with Crippen molar-refractivity contribution < 1.29 is 33.0 Å². The van der Waals surface area contributed by atoms with Crippen LogP contribution in [0.1, 0.15) is 73.3 Å². The fraction of sp³-hybridized carbons (Fsp3) is 0.472. The maximum Gasteiger partial charge on any atom is 0.273 e. The molecule has 0 spiro atoms. The molecule has 0 aliphatic carbocycles. The maximum atomic E-state index is 12.1. The predicted molar refractivity (Wildman–Crippen MR) is 208 cm³/mol. The molecule has 0 atom stereocenters. The highest BCUT2D eigenvalue weighted by Crippen LogP contribution is 2.29. The second kappa shape index (κ2) is 21.3. The van der Waals surface area contributed by atoms with E-state index in [4.69, 9.17) is 20.5 Å². The minimum absolute atomic E-state index is 0. The van der Waals surface area contributed by atoms with E-state index in [1.807, 2.05) is 48.9 Å². The third-order valence-corrected chi connectivity index (χ3v) is 10.6. The summed E-state index contributed by atoms with van der Waals surface area (Å²) in [7, 11) is 0. The molecule has 15 nitrogen and oxygen atoms in total. The van der Waals surface area contributed by atoms with Crippen LogP contribution in [0.4, 0.5) is 0 Å². The van der Waals surface area contributed by atoms with Crippen molar-refractivity contribution in [3.05, 3.63) is 58.5 Å². The zero-order chi connectivity index (χ0) is 38.3. The van der Waals surface area contributed by atoms with E-state index in [2.05, 4.69) is 31.2 Å². The van der Waals surface area contributed by atoms with Crippen LogP contribution in [-0.2, 0) is 14.4 Å². The monoisotopic (exact) mass is 779 g/mol. The van der Waals surface area contributed by atoms with Crippen molar-refractivity contribution in [1.29, 1.82) is 0 Å². The van der Waals surface area contributed by atoms with Crippen LogP contribution < -0.4 is 27.4 Å². The minimum Gasteiger partial charge on any atom is -0.369 e. The van der Waals surface area contributed by atoms with Crippen LogP contribution in [0.2, 0.25) is 0 Å². The number of carbonyl (C=O) groups excluding carboxylic acids is 5. The summed E-state index contributed by atoms with van der Waals surface area (Å²) in [6.07, 6.45) is 5.93. The quantitative estimate of drug-likeness (QED) is 0.0593. The molecule has 2 aliphatic rings. The van der Waals surface area contributed by atoms with Gasteiger partial charge >= 0.3 is 0 Å². The number of unbranched alkanes of at least 4 members (excludes halogenated alkanes) is 4. The Balaban J connectivity index is 0.000000244. The van der Waals surface area contributed by atoms with Crippen LogP contribution in [0.25, 0.3) is 21.3 Å². The van der Waals surface area contributed by atoms with E-state index >= 15 is 0 Å². The van der Waals surface area contributed by atoms with E-state index in [9.17, 15) is 24.0 Å². The van der Waals surface area contributed by atoms with Gasteiger partial charge in [0.25, 0.3) is 11.8 Å². The lowest BCUT2D eigenvalue weighted by Gasteiger charge is -2.45. The Morgan fingerprint density at radius 1 is 0.815 bits per heavy atom. The van der Waals surface area contributed by atoms with Gasteiger partial charge in [0, 0.05) is 66.2 Å². The summed E-state index contributed by atoms with van der Waals surface area (Å²) in [4.78, 5) is 59.8. The SMILES string of the molecule is CC1(C(N)=O)CN(CCCCCNC(=O)c2cc(-c3cccs3)on2)C1.CC1(C(N)=O)CNC1.O=CCCCCNC(=O)c1cc(-c2cccs2)on1.[B]. The Hall–Kier alpha value is -4.65. The molecule has 3 radical (unpaired) electrons. The Bertz CT molecular complexity index is 1770. The summed E-state index contributed by atoms with van der Waals surface area (Å²) >= 11 is 3.07. The topological polar surface area (TPSA) is 229 Å². The van der Waals surface area contributed by atoms with Crippen LogP contribution in [0, 0.1) is 10.8 Å². The molecular formula is C36H48BN8O7S2. The summed E-state index contributed by atoms with van der Waals surface area (Å²) in [5.74, 6) is 0.334. The van der Waals surface area contributed by atoms with Gasteiger partial charge in [-0.15, -0.1) is 22.7 Å². The largest absolute Gasteiger partial charge is 0.369 e. The lowest BCUT2D eigenvalue weighted by molar-refractivity contribution is -0.136. The molecule has 0 bridgehead atoms. The van der Waals surface area contributed by atoms with Gasteiger partial charge in [-0.2, -0.15) is 0 Å². The zero-order valence-electron chi connectivity index (χ0n) is 30.6. The second-order valence-corrected chi connectivity index (χ2v) is 15.4. The Labute approximate surface area is 324 Å². The van der Waals surface area contributed by atoms with Gasteiger partial charge in [-0.05, 0) is 69.0 Å². The van der Waals surface area contributed by atoms with Gasteiger partial charge < -0.3 is 46.2 Å². The number of nitrogens with zero attached hydrogens (tertiary/aromatic N) is 3. The molecule has 0 unspecified atom stereocenters. The molecule has 18 heteroatoms. The molecule has 4 amide bonds. The number of thiophene rings is 2. The standard InChI is InChI=1S/C18H24N4O3S.C13H14N2O3S.C5H10N2O.B/c1-18(17(19)24)11-22(12-18)8-4-2-3-7-20-16(23)13-10-14(25-21-13)15-6-5-9-26-15;16-7-3-1-2-6-14-13(17)10-9-11(18-15-10)12-5-4-8-19-12;1-5(4(6)8)2-7-3-5;/h5-6,9-10H,2-4,7-8,11-12H2,1H3,(H2,19,24)(H,20,23);4-5,7-9H,1-3,6H2,(H,14,17);7H,2-3H2,1H3,(H2,6,8);. The average molecular weight is 780 g/mol. The molecule has 54 heavy (non-hydrogen) atoms. The number of hydrogen-bond donors (Lipinski definition) is 5. The molecule has 6 heterocycles. The van der Waals surface area contributed by atoms with Crippen LogP contribution in [0.3, 0.4) is 0 Å². The Morgan fingerprint density at radius 2 is 1.31 bits per heavy atom. The molecule has 0 saturated carbocycles. The number of likely N-dealkylation sites (tertiary alicyclic amines) is 1. The van der Waals surface area contributed by atoms with E-state index in [0.29, 0.717) is 36.7 Å². The first-order valence-electron chi connectivity index (χ1n) is 17.5. The van der Waals surface area contributed by atoms with Crippen molar-refractivity contribution in [3.8, 4) is 21.3 Å². The molecule has 2 aliphatic heterocycles. The van der Waals surface area contributed by atoms with Gasteiger partial charge in [0.15, 0.2) is 22.9 Å². The summed E-state index contributed by atoms with van der Waals surface area (Å²) in [5.41, 5.74) is 10.4. The van der Waals surface area contributed by atoms with Crippen molar-refractivity contribution in [1.82, 2.24) is 31.2 Å². The molecule has 0 aromatic carbocycles. The molecule has 4 aromatic heterocycles. The van der Waals surface area contributed by atoms with E-state index in [1.165, 1.54) is 11.3 Å². The van der Waals surface area contributed by atoms with Gasteiger partial charge in [-0.1, -0.05) is 28.9 Å². The summed E-state index contributed by atoms with van der Waals surface area (Å²) in [6.45, 7) is 8.86. The Kier molecular flexibility index (Phi) is 17.3. The number of carbonyl (C=O) groups is 5. The number of amides is 4. The van der Waals surface area contributed by atoms with Gasteiger partial charge in [0.2, 0.25) is 11.8 Å². The van der Waals surface area contributed by atoms with Crippen LogP contribution >= 0.6 is 22.7 Å². The summed E-state index contributed by atoms with van der Waals surface area (Å²) in [5, 5.41) is 20.1. The number of primary amides is 2. The van der Waals surface area contributed by atoms with Gasteiger partial charge in [-0.25, -0.2) is 0 Å². The highest BCUT2D eigenvalue weighted by atomic mass is 32.1. The van der Waals surface area contributed by atoms with Crippen LogP contribution in [0.15, 0.2) is 56.2 Å². The number of nitrogens with one attached hydrogen (secondary N) is 3. The van der Waals surface area contributed by atoms with E-state index in [0.717, 1.165) is 80.9 Å².